The number of anilines is 1. The van der Waals surface area contributed by atoms with Gasteiger partial charge >= 0.3 is 6.09 Å². The van der Waals surface area contributed by atoms with Gasteiger partial charge in [-0.1, -0.05) is 60.6 Å². The third kappa shape index (κ3) is 9.96. The highest BCUT2D eigenvalue weighted by Gasteiger charge is 2.44. The van der Waals surface area contributed by atoms with Crippen LogP contribution in [0.1, 0.15) is 108 Å². The molecule has 4 N–H and O–H groups in total. The van der Waals surface area contributed by atoms with Gasteiger partial charge in [0, 0.05) is 38.6 Å². The van der Waals surface area contributed by atoms with E-state index in [-0.39, 0.29) is 30.4 Å². The van der Waals surface area contributed by atoms with Gasteiger partial charge < -0.3 is 33.9 Å². The van der Waals surface area contributed by atoms with Gasteiger partial charge in [0.2, 0.25) is 17.6 Å². The smallest absolute Gasteiger partial charge is 0.407 e. The van der Waals surface area contributed by atoms with Crippen LogP contribution in [0.25, 0.3) is 11.0 Å². The van der Waals surface area contributed by atoms with Crippen molar-refractivity contribution < 1.29 is 32.7 Å². The van der Waals surface area contributed by atoms with Crippen molar-refractivity contribution in [1.29, 1.82) is 0 Å². The van der Waals surface area contributed by atoms with Gasteiger partial charge in [-0.05, 0) is 55.9 Å². The largest absolute Gasteiger partial charge is 0.491 e. The Morgan fingerprint density at radius 3 is 2.26 bits per heavy atom. The molecular weight excluding hydrogens is 657 g/mol. The second-order valence-electron chi connectivity index (χ2n) is 14.3. The zero-order chi connectivity index (χ0) is 37.4. The fourth-order valence-corrected chi connectivity index (χ4v) is 12.0. The van der Waals surface area contributed by atoms with Crippen LogP contribution in [0, 0.1) is 6.92 Å². The molecule has 0 fully saturated rings. The number of amides is 3. The van der Waals surface area contributed by atoms with E-state index in [0.717, 1.165) is 0 Å². The van der Waals surface area contributed by atoms with Crippen molar-refractivity contribution in [2.45, 2.75) is 118 Å². The predicted octanol–water partition coefficient (Wildman–Crippen LogP) is 7.29. The van der Waals surface area contributed by atoms with E-state index in [0.29, 0.717) is 71.0 Å². The van der Waals surface area contributed by atoms with Crippen molar-refractivity contribution in [3.63, 3.8) is 0 Å². The summed E-state index contributed by atoms with van der Waals surface area (Å²) in [7, 11) is -2.05. The Kier molecular flexibility index (Phi) is 13.8. The number of carbonyl (C=O) groups is 3. The first-order valence-electron chi connectivity index (χ1n) is 17.4. The topological polar surface area (TPSA) is 173 Å². The molecular formula is C36H56N6O7Si. The Hall–Kier alpha value is -4.17. The predicted molar refractivity (Wildman–Crippen MR) is 197 cm³/mol. The molecule has 0 saturated heterocycles. The van der Waals surface area contributed by atoms with Crippen LogP contribution >= 0.6 is 0 Å². The monoisotopic (exact) mass is 712 g/mol. The first kappa shape index (κ1) is 40.3. The van der Waals surface area contributed by atoms with Crippen LogP contribution in [0.3, 0.4) is 0 Å². The molecule has 2 aromatic heterocycles. The minimum atomic E-state index is -2.05. The van der Waals surface area contributed by atoms with Crippen LogP contribution in [-0.4, -0.2) is 66.1 Å². The van der Waals surface area contributed by atoms with Crippen molar-refractivity contribution in [1.82, 2.24) is 19.9 Å². The number of alkyl carbamates (subject to hydrolysis) is 1. The number of allylic oxidation sites excluding steroid dienone is 1. The Bertz CT molecular complexity index is 1650. The van der Waals surface area contributed by atoms with Crippen LogP contribution < -0.4 is 21.1 Å². The summed E-state index contributed by atoms with van der Waals surface area (Å²) >= 11 is 0. The van der Waals surface area contributed by atoms with Gasteiger partial charge in [-0.15, -0.1) is 0 Å². The lowest BCUT2D eigenvalue weighted by Gasteiger charge is -2.42. The number of oxazole rings is 1. The number of benzene rings is 1. The summed E-state index contributed by atoms with van der Waals surface area (Å²) in [6.45, 7) is 23.8. The molecule has 50 heavy (non-hydrogen) atoms. The molecule has 3 aromatic rings. The van der Waals surface area contributed by atoms with Crippen LogP contribution in [-0.2, 0) is 22.1 Å². The lowest BCUT2D eigenvalue weighted by molar-refractivity contribution is 0.0533. The lowest BCUT2D eigenvalue weighted by Crippen LogP contribution is -2.48. The van der Waals surface area contributed by atoms with E-state index in [1.54, 1.807) is 50.5 Å². The number of carbonyl (C=O) groups excluding carboxylic acids is 3. The molecule has 3 rings (SSSR count). The molecule has 0 unspecified atom stereocenters. The van der Waals surface area contributed by atoms with Crippen molar-refractivity contribution in [3.8, 4) is 5.75 Å². The number of imidazole rings is 1. The number of aromatic nitrogens is 3. The number of fused-ring (bicyclic) bond motifs is 1. The van der Waals surface area contributed by atoms with E-state index in [4.69, 9.17) is 24.1 Å². The third-order valence-corrected chi connectivity index (χ3v) is 14.6. The number of hydrogen-bond donors (Lipinski definition) is 3. The average Bonchev–Trinajstić information content (AvgIpc) is 3.56. The molecule has 0 aliphatic rings. The molecule has 0 saturated carbocycles. The molecule has 276 valence electrons. The molecule has 0 bridgehead atoms. The lowest BCUT2D eigenvalue weighted by atomic mass is 10.1. The second kappa shape index (κ2) is 17.2. The standard InChI is InChI=1S/C36H56N6O7Si/c1-12-27-31(48-25(8)39-27)33(44)41-34-40-28-20-26(32(37)43)21-29(46-18-15-19-47-50(22(2)3,23(4)5)24(6)7)30(28)42(34)17-14-13-16-38-35(45)49-36(9,10)11/h13-14,20-24H,12,15-19H2,1-11H3,(H2,37,43)(H,38,45)(H,40,41,44)/b14-13-. The van der Waals surface area contributed by atoms with E-state index >= 15 is 0 Å². The quantitative estimate of drug-likeness (QED) is 0.0738. The summed E-state index contributed by atoms with van der Waals surface area (Å²) in [6.07, 6.45) is 4.17. The molecule has 14 heteroatoms. The number of primary amides is 1. The normalized spacial score (nSPS) is 12.4. The summed E-state index contributed by atoms with van der Waals surface area (Å²) in [4.78, 5) is 46.9. The van der Waals surface area contributed by atoms with Crippen molar-refractivity contribution in [2.24, 2.45) is 5.73 Å². The summed E-state index contributed by atoms with van der Waals surface area (Å²) in [6, 6.07) is 3.16. The summed E-state index contributed by atoms with van der Waals surface area (Å²) in [5.41, 5.74) is 8.15. The van der Waals surface area contributed by atoms with Crippen LogP contribution in [0.2, 0.25) is 16.6 Å². The third-order valence-electron chi connectivity index (χ3n) is 8.49. The number of hydrogen-bond acceptors (Lipinski definition) is 9. The van der Waals surface area contributed by atoms with E-state index in [1.165, 1.54) is 0 Å². The Labute approximate surface area is 296 Å². The molecule has 0 aliphatic carbocycles. The Morgan fingerprint density at radius 2 is 1.68 bits per heavy atom. The number of aryl methyl sites for hydroxylation is 2. The number of ether oxygens (including phenoxy) is 2. The van der Waals surface area contributed by atoms with Gasteiger partial charge in [0.05, 0.1) is 17.8 Å². The number of rotatable bonds is 17. The van der Waals surface area contributed by atoms with Gasteiger partial charge in [0.1, 0.15) is 16.9 Å². The van der Waals surface area contributed by atoms with Crippen LogP contribution in [0.5, 0.6) is 5.75 Å². The summed E-state index contributed by atoms with van der Waals surface area (Å²) < 4.78 is 25.7. The SMILES string of the molecule is CCc1nc(C)oc1C(=O)Nc1nc2cc(C(N)=O)cc(OCCCO[Si](C(C)C)(C(C)C)C(C)C)c2n1C/C=C\CNC(=O)OC(C)(C)C. The molecule has 0 spiro atoms. The van der Waals surface area contributed by atoms with Gasteiger partial charge in [-0.2, -0.15) is 0 Å². The van der Waals surface area contributed by atoms with Crippen LogP contribution in [0.4, 0.5) is 10.7 Å². The van der Waals surface area contributed by atoms with Crippen molar-refractivity contribution in [3.05, 3.63) is 47.2 Å². The van der Waals surface area contributed by atoms with Gasteiger partial charge in [0.15, 0.2) is 14.2 Å². The van der Waals surface area contributed by atoms with E-state index < -0.39 is 31.8 Å². The zero-order valence-electron chi connectivity index (χ0n) is 31.6. The highest BCUT2D eigenvalue weighted by Crippen LogP contribution is 2.42. The zero-order valence-corrected chi connectivity index (χ0v) is 32.6. The molecule has 0 atom stereocenters. The number of nitrogens with two attached hydrogens (primary N) is 1. The number of nitrogens with zero attached hydrogens (tertiary/aromatic N) is 3. The first-order chi connectivity index (χ1) is 23.4. The molecule has 1 aromatic carbocycles. The number of nitrogens with one attached hydrogen (secondary N) is 2. The van der Waals surface area contributed by atoms with Gasteiger partial charge in [-0.3, -0.25) is 14.9 Å². The minimum Gasteiger partial charge on any atom is -0.491 e. The van der Waals surface area contributed by atoms with E-state index in [2.05, 4.69) is 62.1 Å². The summed E-state index contributed by atoms with van der Waals surface area (Å²) in [5, 5.41) is 5.55. The first-order valence-corrected chi connectivity index (χ1v) is 19.6. The highest BCUT2D eigenvalue weighted by atomic mass is 28.4. The average molecular weight is 713 g/mol. The van der Waals surface area contributed by atoms with Gasteiger partial charge in [-0.25, -0.2) is 14.8 Å². The van der Waals surface area contributed by atoms with E-state index in [1.807, 2.05) is 13.0 Å². The minimum absolute atomic E-state index is 0.0961. The molecule has 3 amide bonds. The van der Waals surface area contributed by atoms with E-state index in [9.17, 15) is 14.4 Å². The van der Waals surface area contributed by atoms with Crippen molar-refractivity contribution >= 4 is 43.2 Å². The Balaban J connectivity index is 1.95. The molecule has 13 nitrogen and oxygen atoms in total. The molecule has 0 aliphatic heterocycles. The summed E-state index contributed by atoms with van der Waals surface area (Å²) in [5.74, 6) is -0.102. The maximum absolute atomic E-state index is 13.4. The maximum atomic E-state index is 13.4. The second-order valence-corrected chi connectivity index (χ2v) is 19.8. The highest BCUT2D eigenvalue weighted by molar-refractivity contribution is 6.77. The molecule has 0 radical (unpaired) electrons. The Morgan fingerprint density at radius 1 is 1.02 bits per heavy atom. The van der Waals surface area contributed by atoms with Crippen LogP contribution in [0.15, 0.2) is 28.7 Å². The molecule has 2 heterocycles. The maximum Gasteiger partial charge on any atom is 0.407 e. The fourth-order valence-electron chi connectivity index (χ4n) is 6.51. The fraction of sp³-hybridized carbons (Fsp3) is 0.583. The van der Waals surface area contributed by atoms with Crippen molar-refractivity contribution in [2.75, 3.05) is 25.1 Å². The van der Waals surface area contributed by atoms with Gasteiger partial charge in [0.25, 0.3) is 5.91 Å².